The van der Waals surface area contributed by atoms with Crippen LogP contribution in [0.3, 0.4) is 0 Å². The van der Waals surface area contributed by atoms with Gasteiger partial charge in [-0.05, 0) is 83.9 Å². The van der Waals surface area contributed by atoms with Gasteiger partial charge in [-0.25, -0.2) is 19.9 Å². The topological polar surface area (TPSA) is 61.4 Å². The van der Waals surface area contributed by atoms with E-state index in [1.165, 1.54) is 15.5 Å². The molecule has 65 heavy (non-hydrogen) atoms. The number of para-hydroxylation sites is 5. The predicted octanol–water partition coefficient (Wildman–Crippen LogP) is 15.0. The van der Waals surface area contributed by atoms with Crippen LogP contribution in [-0.4, -0.2) is 29.1 Å². The minimum Gasteiger partial charge on any atom is -0.309 e. The molecule has 0 fully saturated rings. The number of rotatable bonds is 7. The van der Waals surface area contributed by atoms with E-state index in [1.807, 2.05) is 30.3 Å². The molecular weight excluding hydrogens is 813 g/mol. The summed E-state index contributed by atoms with van der Waals surface area (Å²) in [6.45, 7) is 0. The van der Waals surface area contributed by atoms with Crippen LogP contribution < -0.4 is 0 Å². The Morgan fingerprint density at radius 2 is 0.908 bits per heavy atom. The summed E-state index contributed by atoms with van der Waals surface area (Å²) in [5.74, 6) is 2.83. The zero-order chi connectivity index (χ0) is 42.8. The molecule has 9 aromatic carbocycles. The smallest absolute Gasteiger partial charge is 0.165 e. The van der Waals surface area contributed by atoms with Crippen LogP contribution in [0, 0.1) is 0 Å². The number of aromatic nitrogens is 6. The van der Waals surface area contributed by atoms with Crippen LogP contribution in [0.2, 0.25) is 0 Å². The van der Waals surface area contributed by atoms with E-state index in [9.17, 15) is 0 Å². The lowest BCUT2D eigenvalue weighted by Crippen LogP contribution is -2.00. The highest BCUT2D eigenvalue weighted by atomic mass is 32.1. The van der Waals surface area contributed by atoms with Crippen LogP contribution in [-0.2, 0) is 0 Å². The van der Waals surface area contributed by atoms with Crippen molar-refractivity contribution in [3.63, 3.8) is 0 Å². The average Bonchev–Trinajstić information content (AvgIpc) is 4.07. The number of benzene rings is 9. The third kappa shape index (κ3) is 6.16. The molecule has 304 valence electrons. The van der Waals surface area contributed by atoms with Gasteiger partial charge in [-0.15, -0.1) is 11.3 Å². The Morgan fingerprint density at radius 1 is 0.338 bits per heavy atom. The molecule has 0 aliphatic heterocycles. The molecular formula is C58H36N6S. The van der Waals surface area contributed by atoms with Crippen molar-refractivity contribution in [2.45, 2.75) is 0 Å². The lowest BCUT2D eigenvalue weighted by molar-refractivity contribution is 1.08. The molecule has 0 amide bonds. The Labute approximate surface area is 378 Å². The maximum absolute atomic E-state index is 5.37. The molecule has 0 atom stereocenters. The highest BCUT2D eigenvalue weighted by Crippen LogP contribution is 2.43. The highest BCUT2D eigenvalue weighted by Gasteiger charge is 2.22. The van der Waals surface area contributed by atoms with E-state index in [-0.39, 0.29) is 0 Å². The number of fused-ring (bicyclic) bond motifs is 7. The van der Waals surface area contributed by atoms with Crippen molar-refractivity contribution in [3.8, 4) is 68.1 Å². The van der Waals surface area contributed by atoms with Crippen molar-refractivity contribution >= 4 is 64.3 Å². The molecule has 0 spiro atoms. The summed E-state index contributed by atoms with van der Waals surface area (Å²) in [5, 5.41) is 4.62. The molecule has 4 aromatic heterocycles. The molecule has 0 aliphatic rings. The standard InChI is InChI=1S/C58H36N6S/c1-4-17-37(18-5-1)55-60-56(45-27-16-32-51-53(45)44-25-10-12-30-49(44)63(51)41-21-6-2-7-22-41)62-57(61-55)46-28-15-26-43-47-36-39(33-34-52(47)65-54(43)46)38-19-14-20-40(35-38)58-59-48-29-11-13-31-50(48)64(58)42-23-8-3-9-24-42/h1-36H. The number of nitrogens with zero attached hydrogens (tertiary/aromatic N) is 6. The van der Waals surface area contributed by atoms with Crippen LogP contribution >= 0.6 is 11.3 Å². The zero-order valence-electron chi connectivity index (χ0n) is 34.9. The molecule has 0 N–H and O–H groups in total. The van der Waals surface area contributed by atoms with Crippen molar-refractivity contribution in [2.75, 3.05) is 0 Å². The summed E-state index contributed by atoms with van der Waals surface area (Å²) < 4.78 is 6.93. The van der Waals surface area contributed by atoms with Gasteiger partial charge in [-0.2, -0.15) is 0 Å². The van der Waals surface area contributed by atoms with Crippen LogP contribution in [0.1, 0.15) is 0 Å². The van der Waals surface area contributed by atoms with Gasteiger partial charge in [0, 0.05) is 64.6 Å². The van der Waals surface area contributed by atoms with E-state index < -0.39 is 0 Å². The molecule has 13 rings (SSSR count). The van der Waals surface area contributed by atoms with E-state index in [4.69, 9.17) is 19.9 Å². The largest absolute Gasteiger partial charge is 0.309 e. The van der Waals surface area contributed by atoms with Crippen molar-refractivity contribution in [1.29, 1.82) is 0 Å². The monoisotopic (exact) mass is 848 g/mol. The Balaban J connectivity index is 0.960. The molecule has 0 radical (unpaired) electrons. The lowest BCUT2D eigenvalue weighted by atomic mass is 10.00. The van der Waals surface area contributed by atoms with E-state index in [0.29, 0.717) is 17.5 Å². The third-order valence-corrected chi connectivity index (χ3v) is 13.6. The third-order valence-electron chi connectivity index (χ3n) is 12.4. The summed E-state index contributed by atoms with van der Waals surface area (Å²) in [6.07, 6.45) is 0. The molecule has 6 nitrogen and oxygen atoms in total. The second kappa shape index (κ2) is 15.1. The molecule has 13 aromatic rings. The number of hydrogen-bond donors (Lipinski definition) is 0. The van der Waals surface area contributed by atoms with Gasteiger partial charge in [0.1, 0.15) is 5.82 Å². The van der Waals surface area contributed by atoms with Gasteiger partial charge in [0.2, 0.25) is 0 Å². The number of imidazole rings is 1. The first-order valence-electron chi connectivity index (χ1n) is 21.7. The van der Waals surface area contributed by atoms with Crippen molar-refractivity contribution in [1.82, 2.24) is 29.1 Å². The van der Waals surface area contributed by atoms with Crippen molar-refractivity contribution in [3.05, 3.63) is 218 Å². The van der Waals surface area contributed by atoms with Gasteiger partial charge >= 0.3 is 0 Å². The van der Waals surface area contributed by atoms with Crippen LogP contribution in [0.4, 0.5) is 0 Å². The maximum atomic E-state index is 5.37. The van der Waals surface area contributed by atoms with E-state index in [2.05, 4.69) is 197 Å². The minimum absolute atomic E-state index is 0.635. The molecule has 0 aliphatic carbocycles. The summed E-state index contributed by atoms with van der Waals surface area (Å²) in [7, 11) is 0. The molecule has 0 saturated carbocycles. The fraction of sp³-hybridized carbons (Fsp3) is 0. The minimum atomic E-state index is 0.635. The van der Waals surface area contributed by atoms with Gasteiger partial charge in [0.05, 0.1) is 22.1 Å². The first-order valence-corrected chi connectivity index (χ1v) is 22.5. The SMILES string of the molecule is c1ccc(-c2nc(-c3cccc4c3sc3ccc(-c5cccc(-c6nc7ccccc7n6-c6ccccc6)c5)cc34)nc(-c3cccc4c3c3ccccc3n4-c3ccccc3)n2)cc1. The summed E-state index contributed by atoms with van der Waals surface area (Å²) in [6, 6.07) is 76.7. The molecule has 0 bridgehead atoms. The van der Waals surface area contributed by atoms with Gasteiger partial charge in [0.25, 0.3) is 0 Å². The second-order valence-electron chi connectivity index (χ2n) is 16.2. The molecule has 0 unspecified atom stereocenters. The first-order chi connectivity index (χ1) is 32.2. The maximum Gasteiger partial charge on any atom is 0.165 e. The van der Waals surface area contributed by atoms with Gasteiger partial charge < -0.3 is 4.57 Å². The van der Waals surface area contributed by atoms with Crippen molar-refractivity contribution in [2.24, 2.45) is 0 Å². The Bertz CT molecular complexity index is 3940. The summed E-state index contributed by atoms with van der Waals surface area (Å²) >= 11 is 1.78. The Hall–Kier alpha value is -8.52. The van der Waals surface area contributed by atoms with Gasteiger partial charge in [-0.3, -0.25) is 4.57 Å². The molecule has 4 heterocycles. The number of hydrogen-bond acceptors (Lipinski definition) is 5. The Morgan fingerprint density at radius 3 is 1.72 bits per heavy atom. The van der Waals surface area contributed by atoms with Gasteiger partial charge in [-0.1, -0.05) is 146 Å². The fourth-order valence-corrected chi connectivity index (χ4v) is 10.6. The van der Waals surface area contributed by atoms with E-state index in [0.717, 1.165) is 88.1 Å². The molecule has 0 saturated heterocycles. The zero-order valence-corrected chi connectivity index (χ0v) is 35.7. The second-order valence-corrected chi connectivity index (χ2v) is 17.3. The summed E-state index contributed by atoms with van der Waals surface area (Å²) in [4.78, 5) is 21.0. The van der Waals surface area contributed by atoms with Crippen molar-refractivity contribution < 1.29 is 0 Å². The van der Waals surface area contributed by atoms with E-state index >= 15 is 0 Å². The van der Waals surface area contributed by atoms with E-state index in [1.54, 1.807) is 11.3 Å². The predicted molar refractivity (Wildman–Crippen MR) is 269 cm³/mol. The number of thiophene rings is 1. The molecule has 7 heteroatoms. The van der Waals surface area contributed by atoms with Gasteiger partial charge in [0.15, 0.2) is 17.5 Å². The normalized spacial score (nSPS) is 11.7. The average molecular weight is 849 g/mol. The highest BCUT2D eigenvalue weighted by molar-refractivity contribution is 7.26. The Kier molecular flexibility index (Phi) is 8.60. The van der Waals surface area contributed by atoms with Crippen LogP contribution in [0.15, 0.2) is 218 Å². The lowest BCUT2D eigenvalue weighted by Gasteiger charge is -2.11. The fourth-order valence-electron chi connectivity index (χ4n) is 9.44. The first kappa shape index (κ1) is 37.1. The quantitative estimate of drug-likeness (QED) is 0.160. The summed E-state index contributed by atoms with van der Waals surface area (Å²) in [5.41, 5.74) is 12.7. The van der Waals surface area contributed by atoms with Crippen LogP contribution in [0.25, 0.3) is 121 Å². The van der Waals surface area contributed by atoms with Crippen LogP contribution in [0.5, 0.6) is 0 Å².